The first kappa shape index (κ1) is 11.4. The Morgan fingerprint density at radius 2 is 1.75 bits per heavy atom. The topological polar surface area (TPSA) is 54.4 Å². The summed E-state index contributed by atoms with van der Waals surface area (Å²) in [6.45, 7) is 4.21. The summed E-state index contributed by atoms with van der Waals surface area (Å²) in [6.07, 6.45) is 0. The molecule has 0 unspecified atom stereocenters. The normalized spacial score (nSPS) is 9.75. The van der Waals surface area contributed by atoms with Crippen molar-refractivity contribution in [3.63, 3.8) is 0 Å². The van der Waals surface area contributed by atoms with E-state index in [9.17, 15) is 8.42 Å². The average molecular weight is 145 g/mol. The molecule has 0 bridgehead atoms. The summed E-state index contributed by atoms with van der Waals surface area (Å²) in [6, 6.07) is 0. The molecule has 0 aromatic carbocycles. The van der Waals surface area contributed by atoms with Gasteiger partial charge in [-0.1, -0.05) is 6.58 Å². The van der Waals surface area contributed by atoms with Gasteiger partial charge < -0.3 is 0 Å². The Balaban J connectivity index is 0. The molecule has 0 fully saturated rings. The molecule has 0 spiro atoms. The molecule has 3 nitrogen and oxygen atoms in total. The van der Waals surface area contributed by atoms with E-state index in [0.717, 1.165) is 0 Å². The van der Waals surface area contributed by atoms with Crippen LogP contribution in [0.15, 0.2) is 11.5 Å². The standard InChI is InChI=1S/C3H6O3S.Na/c1-3(2)7(4,5)6;/h1H2,2H3,(H,4,5,6);. The summed E-state index contributed by atoms with van der Waals surface area (Å²) in [5.74, 6) is 0. The number of allylic oxidation sites excluding steroid dienone is 1. The van der Waals surface area contributed by atoms with Gasteiger partial charge in [0.25, 0.3) is 10.1 Å². The minimum atomic E-state index is -3.94. The predicted octanol–water partition coefficient (Wildman–Crippen LogP) is 0.0270. The van der Waals surface area contributed by atoms with Crippen molar-refractivity contribution < 1.29 is 13.0 Å². The van der Waals surface area contributed by atoms with Gasteiger partial charge in [0.15, 0.2) is 0 Å². The van der Waals surface area contributed by atoms with Crippen molar-refractivity contribution in [2.24, 2.45) is 0 Å². The Hall–Kier alpha value is 0.650. The van der Waals surface area contributed by atoms with E-state index >= 15 is 0 Å². The quantitative estimate of drug-likeness (QED) is 0.418. The van der Waals surface area contributed by atoms with Gasteiger partial charge in [-0.2, -0.15) is 8.42 Å². The van der Waals surface area contributed by atoms with Crippen LogP contribution in [0, 0.1) is 0 Å². The Bertz CT molecular complexity index is 169. The second-order valence-electron chi connectivity index (χ2n) is 1.18. The van der Waals surface area contributed by atoms with Gasteiger partial charge >= 0.3 is 0 Å². The summed E-state index contributed by atoms with van der Waals surface area (Å²) in [5, 5.41) is 0. The molecule has 0 aromatic heterocycles. The van der Waals surface area contributed by atoms with Gasteiger partial charge in [0.05, 0.1) is 4.91 Å². The molecule has 1 radical (unpaired) electrons. The fourth-order valence-electron chi connectivity index (χ4n) is 0. The van der Waals surface area contributed by atoms with Crippen molar-refractivity contribution in [2.75, 3.05) is 0 Å². The molecule has 0 amide bonds. The van der Waals surface area contributed by atoms with Gasteiger partial charge in [0.1, 0.15) is 0 Å². The molecule has 5 heteroatoms. The fourth-order valence-corrected chi connectivity index (χ4v) is 0. The van der Waals surface area contributed by atoms with Crippen molar-refractivity contribution in [3.05, 3.63) is 11.5 Å². The maximum absolute atomic E-state index is 9.79. The monoisotopic (exact) mass is 145 g/mol. The Kier molecular flexibility index (Phi) is 5.20. The van der Waals surface area contributed by atoms with Crippen LogP contribution in [0.25, 0.3) is 0 Å². The average Bonchev–Trinajstić information content (AvgIpc) is 1.31. The van der Waals surface area contributed by atoms with E-state index in [0.29, 0.717) is 0 Å². The summed E-state index contributed by atoms with van der Waals surface area (Å²) in [4.78, 5) is -0.229. The fraction of sp³-hybridized carbons (Fsp3) is 0.333. The molecule has 8 heavy (non-hydrogen) atoms. The van der Waals surface area contributed by atoms with Crippen molar-refractivity contribution in [2.45, 2.75) is 6.92 Å². The van der Waals surface area contributed by atoms with Gasteiger partial charge in [-0.25, -0.2) is 0 Å². The summed E-state index contributed by atoms with van der Waals surface area (Å²) < 4.78 is 27.5. The molecule has 43 valence electrons. The summed E-state index contributed by atoms with van der Waals surface area (Å²) in [7, 11) is -3.94. The molecule has 0 aliphatic rings. The second kappa shape index (κ2) is 3.63. The molecule has 0 heterocycles. The van der Waals surface area contributed by atoms with E-state index in [1.807, 2.05) is 0 Å². The molecular formula is C3H6NaO3S. The molecular weight excluding hydrogens is 139 g/mol. The van der Waals surface area contributed by atoms with Crippen LogP contribution in [-0.4, -0.2) is 42.5 Å². The first-order valence-corrected chi connectivity index (χ1v) is 3.01. The zero-order valence-electron chi connectivity index (χ0n) is 4.88. The SMILES string of the molecule is C=C(C)S(=O)(=O)O.[Na]. The van der Waals surface area contributed by atoms with Crippen LogP contribution < -0.4 is 0 Å². The Morgan fingerprint density at radius 1 is 1.62 bits per heavy atom. The zero-order chi connectivity index (χ0) is 6.08. The first-order valence-electron chi connectivity index (χ1n) is 1.57. The van der Waals surface area contributed by atoms with Crippen LogP contribution in [0.2, 0.25) is 0 Å². The smallest absolute Gasteiger partial charge is 0.282 e. The predicted molar refractivity (Wildman–Crippen MR) is 32.1 cm³/mol. The van der Waals surface area contributed by atoms with E-state index in [1.54, 1.807) is 0 Å². The largest absolute Gasteiger partial charge is 0.289 e. The number of hydrogen-bond donors (Lipinski definition) is 1. The van der Waals surface area contributed by atoms with Crippen LogP contribution in [0.5, 0.6) is 0 Å². The first-order chi connectivity index (χ1) is 2.94. The van der Waals surface area contributed by atoms with Crippen LogP contribution >= 0.6 is 0 Å². The van der Waals surface area contributed by atoms with Crippen molar-refractivity contribution in [3.8, 4) is 0 Å². The van der Waals surface area contributed by atoms with Crippen molar-refractivity contribution >= 4 is 39.7 Å². The minimum Gasteiger partial charge on any atom is -0.282 e. The molecule has 0 aliphatic carbocycles. The van der Waals surface area contributed by atoms with Gasteiger partial charge in [-0.05, 0) is 6.92 Å². The third-order valence-corrected chi connectivity index (χ3v) is 1.32. The maximum atomic E-state index is 9.79. The Labute approximate surface area is 70.8 Å². The number of rotatable bonds is 1. The second-order valence-corrected chi connectivity index (χ2v) is 2.82. The molecule has 0 rings (SSSR count). The van der Waals surface area contributed by atoms with E-state index < -0.39 is 10.1 Å². The van der Waals surface area contributed by atoms with Crippen LogP contribution in [0.4, 0.5) is 0 Å². The minimum absolute atomic E-state index is 0. The Morgan fingerprint density at radius 3 is 1.75 bits per heavy atom. The van der Waals surface area contributed by atoms with E-state index in [4.69, 9.17) is 4.55 Å². The third kappa shape index (κ3) is 4.80. The third-order valence-electron chi connectivity index (χ3n) is 0.440. The van der Waals surface area contributed by atoms with E-state index in [1.165, 1.54) is 6.92 Å². The van der Waals surface area contributed by atoms with E-state index in [-0.39, 0.29) is 34.5 Å². The van der Waals surface area contributed by atoms with Crippen molar-refractivity contribution in [1.82, 2.24) is 0 Å². The van der Waals surface area contributed by atoms with Gasteiger partial charge in [0.2, 0.25) is 0 Å². The summed E-state index contributed by atoms with van der Waals surface area (Å²) in [5.41, 5.74) is 0. The molecule has 1 N–H and O–H groups in total. The molecule has 0 saturated carbocycles. The molecule has 0 saturated heterocycles. The number of hydrogen-bond acceptors (Lipinski definition) is 2. The maximum Gasteiger partial charge on any atom is 0.289 e. The van der Waals surface area contributed by atoms with Gasteiger partial charge in [-0.15, -0.1) is 0 Å². The van der Waals surface area contributed by atoms with Crippen LogP contribution in [-0.2, 0) is 10.1 Å². The van der Waals surface area contributed by atoms with E-state index in [2.05, 4.69) is 6.58 Å². The van der Waals surface area contributed by atoms with Crippen LogP contribution in [0.3, 0.4) is 0 Å². The molecule has 0 aromatic rings. The van der Waals surface area contributed by atoms with Crippen molar-refractivity contribution in [1.29, 1.82) is 0 Å². The molecule has 0 atom stereocenters. The van der Waals surface area contributed by atoms with Crippen LogP contribution in [0.1, 0.15) is 6.92 Å². The summed E-state index contributed by atoms with van der Waals surface area (Å²) >= 11 is 0. The zero-order valence-corrected chi connectivity index (χ0v) is 7.70. The molecule has 0 aliphatic heterocycles. The van der Waals surface area contributed by atoms with Gasteiger partial charge in [0, 0.05) is 29.6 Å². The van der Waals surface area contributed by atoms with Gasteiger partial charge in [-0.3, -0.25) is 4.55 Å².